The van der Waals surface area contributed by atoms with E-state index in [1.165, 1.54) is 6.21 Å². The number of hydrogen-bond acceptors (Lipinski definition) is 6. The van der Waals surface area contributed by atoms with Crippen molar-refractivity contribution in [1.82, 2.24) is 9.55 Å². The summed E-state index contributed by atoms with van der Waals surface area (Å²) in [4.78, 5) is 34.3. The van der Waals surface area contributed by atoms with Crippen LogP contribution in [0.25, 0.3) is 0 Å². The molecule has 0 aliphatic heterocycles. The normalized spacial score (nSPS) is 10.8. The van der Waals surface area contributed by atoms with Crippen molar-refractivity contribution in [3.8, 4) is 11.9 Å². The molecule has 0 amide bonds. The zero-order valence-corrected chi connectivity index (χ0v) is 18.3. The number of carbonyl (C=O) groups is 1. The van der Waals surface area contributed by atoms with Gasteiger partial charge in [-0.15, -0.1) is 0 Å². The maximum Gasteiger partial charge on any atom is 0.271 e. The molecule has 7 heteroatoms. The Morgan fingerprint density at radius 2 is 1.85 bits per heavy atom. The number of pyridine rings is 2. The molecule has 0 unspecified atom stereocenters. The summed E-state index contributed by atoms with van der Waals surface area (Å²) in [7, 11) is 0. The summed E-state index contributed by atoms with van der Waals surface area (Å²) < 4.78 is 1.12. The molecule has 0 aliphatic rings. The molecule has 0 atom stereocenters. The van der Waals surface area contributed by atoms with E-state index in [2.05, 4.69) is 9.98 Å². The molecule has 4 rings (SSSR count). The first-order valence-corrected chi connectivity index (χ1v) is 10.5. The van der Waals surface area contributed by atoms with Gasteiger partial charge in [-0.1, -0.05) is 48.5 Å². The van der Waals surface area contributed by atoms with Gasteiger partial charge in [-0.25, -0.2) is 0 Å². The molecule has 1 N–H and O–H groups in total. The Morgan fingerprint density at radius 3 is 2.56 bits per heavy atom. The van der Waals surface area contributed by atoms with Crippen molar-refractivity contribution in [2.45, 2.75) is 13.5 Å². The van der Waals surface area contributed by atoms with Crippen molar-refractivity contribution in [3.05, 3.63) is 123 Å². The first-order valence-electron chi connectivity index (χ1n) is 10.5. The van der Waals surface area contributed by atoms with Crippen LogP contribution < -0.4 is 5.56 Å². The summed E-state index contributed by atoms with van der Waals surface area (Å²) in [5, 5.41) is 20.5. The topological polar surface area (TPSA) is 108 Å². The van der Waals surface area contributed by atoms with Crippen LogP contribution in [0, 0.1) is 18.3 Å². The Hall–Kier alpha value is -4.83. The molecule has 0 spiro atoms. The Morgan fingerprint density at radius 1 is 1.12 bits per heavy atom. The quantitative estimate of drug-likeness (QED) is 0.352. The number of nitriles is 1. The van der Waals surface area contributed by atoms with Crippen LogP contribution in [0.1, 0.15) is 38.2 Å². The monoisotopic (exact) mass is 448 g/mol. The van der Waals surface area contributed by atoms with Crippen LogP contribution in [0.3, 0.4) is 0 Å². The standard InChI is InChI=1S/C27H20N4O3/c1-18-22(14-28)26(33)31(17-19-8-7-13-29-15-19)27(34)23(18)16-30-24-12-6-5-11-21(24)25(32)20-9-3-2-4-10-20/h2-13,15-16,34H,17H2,1H3. The van der Waals surface area contributed by atoms with E-state index in [1.54, 1.807) is 80.0 Å². The predicted molar refractivity (Wildman–Crippen MR) is 129 cm³/mol. The molecule has 2 heterocycles. The summed E-state index contributed by atoms with van der Waals surface area (Å²) in [5.74, 6) is -0.505. The summed E-state index contributed by atoms with van der Waals surface area (Å²) >= 11 is 0. The lowest BCUT2D eigenvalue weighted by molar-refractivity contribution is 0.103. The van der Waals surface area contributed by atoms with Gasteiger partial charge in [0, 0.05) is 29.7 Å². The third kappa shape index (κ3) is 4.38. The van der Waals surface area contributed by atoms with E-state index in [9.17, 15) is 20.0 Å². The van der Waals surface area contributed by atoms with Gasteiger partial charge in [-0.2, -0.15) is 5.26 Å². The number of rotatable bonds is 6. The van der Waals surface area contributed by atoms with Gasteiger partial charge in [0.15, 0.2) is 5.78 Å². The van der Waals surface area contributed by atoms with Crippen LogP contribution in [0.4, 0.5) is 5.69 Å². The minimum Gasteiger partial charge on any atom is -0.494 e. The zero-order chi connectivity index (χ0) is 24.1. The lowest BCUT2D eigenvalue weighted by Gasteiger charge is -2.14. The van der Waals surface area contributed by atoms with Crippen molar-refractivity contribution in [1.29, 1.82) is 5.26 Å². The highest BCUT2D eigenvalue weighted by Crippen LogP contribution is 2.25. The fourth-order valence-electron chi connectivity index (χ4n) is 3.60. The van der Waals surface area contributed by atoms with Crippen molar-refractivity contribution in [2.75, 3.05) is 0 Å². The molecule has 0 bridgehead atoms. The van der Waals surface area contributed by atoms with Crippen LogP contribution in [0.5, 0.6) is 5.88 Å². The summed E-state index contributed by atoms with van der Waals surface area (Å²) in [6.45, 7) is 1.62. The Kier molecular flexibility index (Phi) is 6.42. The smallest absolute Gasteiger partial charge is 0.271 e. The maximum absolute atomic E-state index is 13.0. The van der Waals surface area contributed by atoms with Gasteiger partial charge >= 0.3 is 0 Å². The molecule has 4 aromatic rings. The van der Waals surface area contributed by atoms with Gasteiger partial charge in [-0.3, -0.25) is 24.1 Å². The molecule has 34 heavy (non-hydrogen) atoms. The predicted octanol–water partition coefficient (Wildman–Crippen LogP) is 4.16. The highest BCUT2D eigenvalue weighted by atomic mass is 16.3. The van der Waals surface area contributed by atoms with Crippen LogP contribution in [-0.4, -0.2) is 26.7 Å². The minimum absolute atomic E-state index is 0.0391. The highest BCUT2D eigenvalue weighted by Gasteiger charge is 2.19. The van der Waals surface area contributed by atoms with E-state index < -0.39 is 5.56 Å². The van der Waals surface area contributed by atoms with Gasteiger partial charge in [0.2, 0.25) is 5.88 Å². The van der Waals surface area contributed by atoms with E-state index in [1.807, 2.05) is 12.1 Å². The Bertz CT molecular complexity index is 1480. The molecular formula is C27H20N4O3. The number of benzene rings is 2. The number of aromatic hydroxyl groups is 1. The maximum atomic E-state index is 13.0. The van der Waals surface area contributed by atoms with Crippen LogP contribution in [-0.2, 0) is 6.54 Å². The molecule has 2 aromatic heterocycles. The van der Waals surface area contributed by atoms with E-state index in [0.29, 0.717) is 27.9 Å². The molecule has 0 saturated carbocycles. The Labute approximate surface area is 195 Å². The van der Waals surface area contributed by atoms with Crippen molar-refractivity contribution < 1.29 is 9.90 Å². The average molecular weight is 448 g/mol. The number of carbonyl (C=O) groups excluding carboxylic acids is 1. The first-order chi connectivity index (χ1) is 16.5. The van der Waals surface area contributed by atoms with Crippen LogP contribution >= 0.6 is 0 Å². The van der Waals surface area contributed by atoms with Crippen LogP contribution in [0.15, 0.2) is 88.9 Å². The molecule has 0 aliphatic carbocycles. The fraction of sp³-hybridized carbons (Fsp3) is 0.0741. The van der Waals surface area contributed by atoms with Gasteiger partial charge in [0.05, 0.1) is 17.8 Å². The van der Waals surface area contributed by atoms with Crippen molar-refractivity contribution in [2.24, 2.45) is 4.99 Å². The van der Waals surface area contributed by atoms with Gasteiger partial charge in [-0.05, 0) is 36.2 Å². The SMILES string of the molecule is Cc1c(C=Nc2ccccc2C(=O)c2ccccc2)c(O)n(Cc2cccnc2)c(=O)c1C#N. The van der Waals surface area contributed by atoms with Crippen LogP contribution in [0.2, 0.25) is 0 Å². The second kappa shape index (κ2) is 9.76. The number of aromatic nitrogens is 2. The molecule has 0 saturated heterocycles. The molecule has 0 radical (unpaired) electrons. The van der Waals surface area contributed by atoms with E-state index >= 15 is 0 Å². The lowest BCUT2D eigenvalue weighted by atomic mass is 10.0. The van der Waals surface area contributed by atoms with Gasteiger partial charge < -0.3 is 5.11 Å². The summed E-state index contributed by atoms with van der Waals surface area (Å²) in [6, 6.07) is 21.2. The number of aliphatic imine (C=N–C) groups is 1. The Balaban J connectivity index is 1.79. The molecular weight excluding hydrogens is 428 g/mol. The second-order valence-electron chi connectivity index (χ2n) is 7.57. The number of para-hydroxylation sites is 1. The number of ketones is 1. The lowest BCUT2D eigenvalue weighted by Crippen LogP contribution is -2.26. The van der Waals surface area contributed by atoms with E-state index in [-0.39, 0.29) is 29.3 Å². The first kappa shape index (κ1) is 22.4. The third-order valence-corrected chi connectivity index (χ3v) is 5.43. The zero-order valence-electron chi connectivity index (χ0n) is 18.3. The van der Waals surface area contributed by atoms with E-state index in [4.69, 9.17) is 0 Å². The summed E-state index contributed by atoms with van der Waals surface area (Å²) in [6.07, 6.45) is 4.56. The van der Waals surface area contributed by atoms with E-state index in [0.717, 1.165) is 4.57 Å². The summed E-state index contributed by atoms with van der Waals surface area (Å²) in [5.41, 5.74) is 1.86. The van der Waals surface area contributed by atoms with Crippen molar-refractivity contribution >= 4 is 17.7 Å². The minimum atomic E-state index is -0.599. The molecule has 7 nitrogen and oxygen atoms in total. The largest absolute Gasteiger partial charge is 0.494 e. The molecule has 166 valence electrons. The fourth-order valence-corrected chi connectivity index (χ4v) is 3.60. The van der Waals surface area contributed by atoms with Crippen molar-refractivity contribution in [3.63, 3.8) is 0 Å². The highest BCUT2D eigenvalue weighted by molar-refractivity contribution is 6.12. The van der Waals surface area contributed by atoms with Gasteiger partial charge in [0.25, 0.3) is 5.56 Å². The van der Waals surface area contributed by atoms with Gasteiger partial charge in [0.1, 0.15) is 11.6 Å². The number of hydrogen-bond donors (Lipinski definition) is 1. The molecule has 2 aromatic carbocycles. The second-order valence-corrected chi connectivity index (χ2v) is 7.57. The number of nitrogens with zero attached hydrogens (tertiary/aromatic N) is 4. The third-order valence-electron chi connectivity index (χ3n) is 5.43. The average Bonchev–Trinajstić information content (AvgIpc) is 2.88. The molecule has 0 fully saturated rings.